The molecule has 6 nitrogen and oxygen atoms in total. The standard InChI is InChI=1S/C59H98O6/c1-4-7-10-13-16-19-22-25-28-29-32-34-37-40-43-46-49-52-58(61)64-55-56(65-59(62)53-50-47-44-41-38-35-31-27-24-21-18-15-12-9-6-3)54-63-57(60)51-48-45-42-39-36-33-30-26-23-20-17-14-11-8-5-2/h7,10,16,18-21,23-25,27-28,32,34,40,43,56H,4-6,8-9,11-15,17,22,26,29-31,33,35-39,41-42,44-55H2,1-3H3/b10-7-,19-16-,21-18-,23-20-,27-24-,28-25-,34-32-,43-40-. The van der Waals surface area contributed by atoms with E-state index in [9.17, 15) is 14.4 Å². The molecule has 0 aliphatic rings. The minimum atomic E-state index is -0.809. The first kappa shape index (κ1) is 61.3. The van der Waals surface area contributed by atoms with E-state index in [1.165, 1.54) is 103 Å². The van der Waals surface area contributed by atoms with Crippen molar-refractivity contribution in [3.05, 3.63) is 97.2 Å². The molecule has 370 valence electrons. The van der Waals surface area contributed by atoms with Gasteiger partial charge in [-0.15, -0.1) is 0 Å². The summed E-state index contributed by atoms with van der Waals surface area (Å²) in [4.78, 5) is 38.0. The van der Waals surface area contributed by atoms with E-state index in [0.717, 1.165) is 89.9 Å². The zero-order valence-electron chi connectivity index (χ0n) is 42.2. The Morgan fingerprint density at radius 2 is 0.662 bits per heavy atom. The number of hydrogen-bond acceptors (Lipinski definition) is 6. The van der Waals surface area contributed by atoms with E-state index in [2.05, 4.69) is 118 Å². The Hall–Kier alpha value is -3.67. The Kier molecular flexibility index (Phi) is 50.0. The molecule has 0 radical (unpaired) electrons. The molecule has 0 aliphatic heterocycles. The third-order valence-corrected chi connectivity index (χ3v) is 11.1. The number of carbonyl (C=O) groups excluding carboxylic acids is 3. The first-order valence-corrected chi connectivity index (χ1v) is 26.8. The third kappa shape index (κ3) is 51.2. The van der Waals surface area contributed by atoms with Gasteiger partial charge in [-0.1, -0.05) is 208 Å². The van der Waals surface area contributed by atoms with E-state index in [1.54, 1.807) is 0 Å². The maximum Gasteiger partial charge on any atom is 0.306 e. The highest BCUT2D eigenvalue weighted by atomic mass is 16.6. The zero-order chi connectivity index (χ0) is 47.2. The summed E-state index contributed by atoms with van der Waals surface area (Å²) in [5.41, 5.74) is 0. The van der Waals surface area contributed by atoms with E-state index in [0.29, 0.717) is 19.3 Å². The lowest BCUT2D eigenvalue weighted by atomic mass is 10.1. The molecule has 1 atom stereocenters. The molecule has 0 aliphatic carbocycles. The lowest BCUT2D eigenvalue weighted by molar-refractivity contribution is -0.167. The Balaban J connectivity index is 4.51. The summed E-state index contributed by atoms with van der Waals surface area (Å²) in [6.07, 6.45) is 69.6. The van der Waals surface area contributed by atoms with Crippen molar-refractivity contribution in [3.63, 3.8) is 0 Å². The van der Waals surface area contributed by atoms with Gasteiger partial charge in [-0.3, -0.25) is 14.4 Å². The van der Waals surface area contributed by atoms with Crippen molar-refractivity contribution < 1.29 is 28.6 Å². The molecule has 0 amide bonds. The van der Waals surface area contributed by atoms with Gasteiger partial charge in [0.2, 0.25) is 0 Å². The summed E-state index contributed by atoms with van der Waals surface area (Å²) in [7, 11) is 0. The Bertz CT molecular complexity index is 1310. The van der Waals surface area contributed by atoms with E-state index < -0.39 is 6.10 Å². The molecule has 0 N–H and O–H groups in total. The van der Waals surface area contributed by atoms with Gasteiger partial charge in [0, 0.05) is 19.3 Å². The normalized spacial score (nSPS) is 12.8. The van der Waals surface area contributed by atoms with Gasteiger partial charge in [0.25, 0.3) is 0 Å². The minimum absolute atomic E-state index is 0.103. The number of carbonyl (C=O) groups is 3. The number of allylic oxidation sites excluding steroid dienone is 16. The quantitative estimate of drug-likeness (QED) is 0.0199. The molecule has 0 spiro atoms. The highest BCUT2D eigenvalue weighted by Gasteiger charge is 2.19. The van der Waals surface area contributed by atoms with Crippen LogP contribution < -0.4 is 0 Å². The van der Waals surface area contributed by atoms with Crippen molar-refractivity contribution in [2.45, 2.75) is 245 Å². The molecule has 0 bridgehead atoms. The van der Waals surface area contributed by atoms with Crippen molar-refractivity contribution >= 4 is 17.9 Å². The Morgan fingerprint density at radius 1 is 0.338 bits per heavy atom. The molecule has 0 saturated carbocycles. The summed E-state index contributed by atoms with van der Waals surface area (Å²) < 4.78 is 16.8. The van der Waals surface area contributed by atoms with Crippen LogP contribution in [0.2, 0.25) is 0 Å². The molecular weight excluding hydrogens is 805 g/mol. The molecule has 0 aromatic carbocycles. The molecule has 0 aromatic heterocycles. The molecular formula is C59H98O6. The van der Waals surface area contributed by atoms with Crippen LogP contribution >= 0.6 is 0 Å². The average Bonchev–Trinajstić information content (AvgIpc) is 3.30. The smallest absolute Gasteiger partial charge is 0.306 e. The van der Waals surface area contributed by atoms with Gasteiger partial charge in [-0.2, -0.15) is 0 Å². The van der Waals surface area contributed by atoms with Crippen LogP contribution in [-0.4, -0.2) is 37.2 Å². The van der Waals surface area contributed by atoms with Gasteiger partial charge in [0.15, 0.2) is 6.10 Å². The highest BCUT2D eigenvalue weighted by molar-refractivity contribution is 5.71. The van der Waals surface area contributed by atoms with Crippen molar-refractivity contribution in [3.8, 4) is 0 Å². The fourth-order valence-electron chi connectivity index (χ4n) is 7.05. The Morgan fingerprint density at radius 3 is 1.14 bits per heavy atom. The van der Waals surface area contributed by atoms with E-state index >= 15 is 0 Å². The molecule has 1 unspecified atom stereocenters. The second-order valence-corrected chi connectivity index (χ2v) is 17.4. The topological polar surface area (TPSA) is 78.9 Å². The van der Waals surface area contributed by atoms with Crippen LogP contribution in [-0.2, 0) is 28.6 Å². The van der Waals surface area contributed by atoms with E-state index in [1.807, 2.05) is 0 Å². The minimum Gasteiger partial charge on any atom is -0.462 e. The number of ether oxygens (including phenoxy) is 3. The second kappa shape index (κ2) is 52.9. The fourth-order valence-corrected chi connectivity index (χ4v) is 7.05. The van der Waals surface area contributed by atoms with Crippen LogP contribution in [0.3, 0.4) is 0 Å². The largest absolute Gasteiger partial charge is 0.462 e. The van der Waals surface area contributed by atoms with Crippen LogP contribution in [0.4, 0.5) is 0 Å². The van der Waals surface area contributed by atoms with Gasteiger partial charge in [-0.05, 0) is 109 Å². The van der Waals surface area contributed by atoms with Crippen molar-refractivity contribution in [1.82, 2.24) is 0 Å². The molecule has 0 aromatic rings. The summed E-state index contributed by atoms with van der Waals surface area (Å²) in [5, 5.41) is 0. The molecule has 6 heteroatoms. The molecule has 0 heterocycles. The number of unbranched alkanes of at least 4 members (excludes halogenated alkanes) is 21. The van der Waals surface area contributed by atoms with Gasteiger partial charge >= 0.3 is 17.9 Å². The van der Waals surface area contributed by atoms with Crippen LogP contribution in [0, 0.1) is 0 Å². The van der Waals surface area contributed by atoms with Crippen molar-refractivity contribution in [2.75, 3.05) is 13.2 Å². The van der Waals surface area contributed by atoms with Crippen LogP contribution in [0.15, 0.2) is 97.2 Å². The van der Waals surface area contributed by atoms with Gasteiger partial charge < -0.3 is 14.2 Å². The molecule has 0 saturated heterocycles. The third-order valence-electron chi connectivity index (χ3n) is 11.1. The van der Waals surface area contributed by atoms with Crippen molar-refractivity contribution in [2.24, 2.45) is 0 Å². The van der Waals surface area contributed by atoms with E-state index in [-0.39, 0.29) is 37.5 Å². The first-order valence-electron chi connectivity index (χ1n) is 26.8. The lowest BCUT2D eigenvalue weighted by Crippen LogP contribution is -2.30. The highest BCUT2D eigenvalue weighted by Crippen LogP contribution is 2.14. The fraction of sp³-hybridized carbons (Fsp3) is 0.678. The number of esters is 3. The summed E-state index contributed by atoms with van der Waals surface area (Å²) in [6, 6.07) is 0. The molecule has 0 rings (SSSR count). The summed E-state index contributed by atoms with van der Waals surface area (Å²) in [6.45, 7) is 6.42. The van der Waals surface area contributed by atoms with Crippen LogP contribution in [0.1, 0.15) is 239 Å². The van der Waals surface area contributed by atoms with Gasteiger partial charge in [0.05, 0.1) is 0 Å². The maximum absolute atomic E-state index is 12.8. The SMILES string of the molecule is CC/C=C\C/C=C\C/C=C\C/C=C\C/C=C\CCCC(=O)OCC(COC(=O)CCCCCCCCC/C=C\CCCCCC)OC(=O)CCCCCCCC/C=C\C=C/CCCCC. The lowest BCUT2D eigenvalue weighted by Gasteiger charge is -2.18. The van der Waals surface area contributed by atoms with E-state index in [4.69, 9.17) is 14.2 Å². The van der Waals surface area contributed by atoms with Crippen LogP contribution in [0.5, 0.6) is 0 Å². The Labute approximate surface area is 400 Å². The predicted octanol–water partition coefficient (Wildman–Crippen LogP) is 17.8. The number of rotatable bonds is 47. The zero-order valence-corrected chi connectivity index (χ0v) is 42.2. The van der Waals surface area contributed by atoms with Gasteiger partial charge in [-0.25, -0.2) is 0 Å². The monoisotopic (exact) mass is 903 g/mol. The first-order chi connectivity index (χ1) is 32.0. The summed E-state index contributed by atoms with van der Waals surface area (Å²) >= 11 is 0. The number of hydrogen-bond donors (Lipinski definition) is 0. The maximum atomic E-state index is 12.8. The second-order valence-electron chi connectivity index (χ2n) is 17.4. The molecule has 0 fully saturated rings. The summed E-state index contributed by atoms with van der Waals surface area (Å²) in [5.74, 6) is -0.981. The van der Waals surface area contributed by atoms with Crippen LogP contribution in [0.25, 0.3) is 0 Å². The predicted molar refractivity (Wildman–Crippen MR) is 279 cm³/mol. The van der Waals surface area contributed by atoms with Crippen molar-refractivity contribution in [1.29, 1.82) is 0 Å². The average molecular weight is 903 g/mol. The van der Waals surface area contributed by atoms with Gasteiger partial charge in [0.1, 0.15) is 13.2 Å². The molecule has 65 heavy (non-hydrogen) atoms.